The highest BCUT2D eigenvalue weighted by Crippen LogP contribution is 2.46. The maximum Gasteiger partial charge on any atom is 0.410 e. The third kappa shape index (κ3) is 3.46. The molecule has 1 aromatic heterocycles. The van der Waals surface area contributed by atoms with E-state index in [1.807, 2.05) is 31.9 Å². The molecule has 0 radical (unpaired) electrons. The quantitative estimate of drug-likeness (QED) is 0.818. The Morgan fingerprint density at radius 3 is 2.48 bits per heavy atom. The van der Waals surface area contributed by atoms with Crippen molar-refractivity contribution in [3.63, 3.8) is 0 Å². The van der Waals surface area contributed by atoms with Crippen molar-refractivity contribution >= 4 is 11.9 Å². The number of anilines is 1. The second-order valence-electron chi connectivity index (χ2n) is 9.10. The molecule has 136 valence electrons. The highest BCUT2D eigenvalue weighted by molar-refractivity contribution is 5.69. The number of pyridine rings is 1. The van der Waals surface area contributed by atoms with Gasteiger partial charge in [0.1, 0.15) is 11.4 Å². The third-order valence-corrected chi connectivity index (χ3v) is 5.60. The van der Waals surface area contributed by atoms with Crippen LogP contribution in [0.25, 0.3) is 0 Å². The fourth-order valence-corrected chi connectivity index (χ4v) is 4.25. The normalized spacial score (nSPS) is 31.2. The Morgan fingerprint density at radius 1 is 1.16 bits per heavy atom. The monoisotopic (exact) mass is 343 g/mol. The van der Waals surface area contributed by atoms with Gasteiger partial charge in [0.05, 0.1) is 6.04 Å². The van der Waals surface area contributed by atoms with E-state index in [0.717, 1.165) is 49.3 Å². The van der Waals surface area contributed by atoms with Crippen LogP contribution in [0, 0.1) is 17.8 Å². The molecule has 2 saturated heterocycles. The van der Waals surface area contributed by atoms with E-state index in [1.54, 1.807) is 0 Å². The standard InChI is InChI=1S/C20H29N3O2/c1-13-7-17(23(10-13)19(24)25-20(2,3)4)14-5-6-18(21-9-14)22-11-15-8-16(15)12-22/h5-6,9,13,15-17H,7-8,10-12H2,1-4H3/t13-,15?,16?,17?/m0/s1. The number of amides is 1. The summed E-state index contributed by atoms with van der Waals surface area (Å²) in [4.78, 5) is 21.6. The molecular formula is C20H29N3O2. The zero-order valence-electron chi connectivity index (χ0n) is 15.7. The van der Waals surface area contributed by atoms with Crippen molar-refractivity contribution in [1.82, 2.24) is 9.88 Å². The van der Waals surface area contributed by atoms with Crippen LogP contribution in [0.15, 0.2) is 18.3 Å². The van der Waals surface area contributed by atoms with Crippen molar-refractivity contribution in [2.24, 2.45) is 17.8 Å². The Labute approximate surface area is 150 Å². The third-order valence-electron chi connectivity index (χ3n) is 5.60. The molecule has 3 fully saturated rings. The van der Waals surface area contributed by atoms with E-state index in [9.17, 15) is 4.79 Å². The fourth-order valence-electron chi connectivity index (χ4n) is 4.25. The Hall–Kier alpha value is -1.78. The first-order valence-corrected chi connectivity index (χ1v) is 9.50. The van der Waals surface area contributed by atoms with Crippen molar-refractivity contribution < 1.29 is 9.53 Å². The average molecular weight is 343 g/mol. The summed E-state index contributed by atoms with van der Waals surface area (Å²) in [6.07, 6.45) is 4.11. The highest BCUT2D eigenvalue weighted by Gasteiger charge is 2.45. The van der Waals surface area contributed by atoms with Gasteiger partial charge in [0.25, 0.3) is 0 Å². The van der Waals surface area contributed by atoms with Crippen molar-refractivity contribution in [3.8, 4) is 0 Å². The predicted molar refractivity (Wildman–Crippen MR) is 97.5 cm³/mol. The second-order valence-corrected chi connectivity index (χ2v) is 9.10. The minimum Gasteiger partial charge on any atom is -0.444 e. The minimum absolute atomic E-state index is 0.0679. The van der Waals surface area contributed by atoms with Gasteiger partial charge >= 0.3 is 6.09 Å². The van der Waals surface area contributed by atoms with Crippen LogP contribution >= 0.6 is 0 Å². The van der Waals surface area contributed by atoms with Crippen LogP contribution in [0.4, 0.5) is 10.6 Å². The molecule has 0 aromatic carbocycles. The zero-order valence-corrected chi connectivity index (χ0v) is 15.7. The van der Waals surface area contributed by atoms with Gasteiger partial charge in [-0.05, 0) is 63.0 Å². The van der Waals surface area contributed by atoms with E-state index in [4.69, 9.17) is 9.72 Å². The average Bonchev–Trinajstić information content (AvgIpc) is 2.96. The summed E-state index contributed by atoms with van der Waals surface area (Å²) in [6, 6.07) is 4.33. The van der Waals surface area contributed by atoms with Crippen molar-refractivity contribution in [3.05, 3.63) is 23.9 Å². The van der Waals surface area contributed by atoms with Crippen LogP contribution in [-0.4, -0.2) is 41.2 Å². The first-order chi connectivity index (χ1) is 11.8. The van der Waals surface area contributed by atoms with Crippen LogP contribution < -0.4 is 4.90 Å². The Morgan fingerprint density at radius 2 is 1.88 bits per heavy atom. The molecule has 4 atom stereocenters. The Balaban J connectivity index is 1.47. The number of fused-ring (bicyclic) bond motifs is 1. The SMILES string of the molecule is C[C@H]1CC(c2ccc(N3CC4CC4C3)nc2)N(C(=O)OC(C)(C)C)C1. The largest absolute Gasteiger partial charge is 0.444 e. The summed E-state index contributed by atoms with van der Waals surface area (Å²) in [5, 5.41) is 0. The lowest BCUT2D eigenvalue weighted by Gasteiger charge is -2.29. The maximum absolute atomic E-state index is 12.6. The van der Waals surface area contributed by atoms with Crippen molar-refractivity contribution in [2.75, 3.05) is 24.5 Å². The van der Waals surface area contributed by atoms with Crippen molar-refractivity contribution in [1.29, 1.82) is 0 Å². The minimum atomic E-state index is -0.466. The van der Waals surface area contributed by atoms with Gasteiger partial charge in [-0.1, -0.05) is 13.0 Å². The summed E-state index contributed by atoms with van der Waals surface area (Å²) < 4.78 is 5.60. The molecule has 3 heterocycles. The van der Waals surface area contributed by atoms with E-state index in [2.05, 4.69) is 24.0 Å². The molecule has 4 rings (SSSR count). The lowest BCUT2D eigenvalue weighted by Crippen LogP contribution is -2.36. The first-order valence-electron chi connectivity index (χ1n) is 9.50. The fraction of sp³-hybridized carbons (Fsp3) is 0.700. The van der Waals surface area contributed by atoms with Gasteiger partial charge in [-0.15, -0.1) is 0 Å². The van der Waals surface area contributed by atoms with Gasteiger partial charge in [0, 0.05) is 25.8 Å². The molecular weight excluding hydrogens is 314 g/mol. The van der Waals surface area contributed by atoms with Crippen LogP contribution in [0.2, 0.25) is 0 Å². The van der Waals surface area contributed by atoms with Gasteiger partial charge in [-0.3, -0.25) is 0 Å². The molecule has 5 nitrogen and oxygen atoms in total. The van der Waals surface area contributed by atoms with Crippen molar-refractivity contribution in [2.45, 2.75) is 52.2 Å². The molecule has 5 heteroatoms. The summed E-state index contributed by atoms with van der Waals surface area (Å²) >= 11 is 0. The summed E-state index contributed by atoms with van der Waals surface area (Å²) in [6.45, 7) is 11.0. The molecule has 1 aliphatic carbocycles. The zero-order chi connectivity index (χ0) is 17.8. The number of piperidine rings is 1. The molecule has 25 heavy (non-hydrogen) atoms. The smallest absolute Gasteiger partial charge is 0.410 e. The van der Waals surface area contributed by atoms with Gasteiger partial charge in [-0.2, -0.15) is 0 Å². The summed E-state index contributed by atoms with van der Waals surface area (Å²) in [5.74, 6) is 3.35. The van der Waals surface area contributed by atoms with Gasteiger partial charge in [0.15, 0.2) is 0 Å². The summed E-state index contributed by atoms with van der Waals surface area (Å²) in [5.41, 5.74) is 0.648. The van der Waals surface area contributed by atoms with E-state index in [-0.39, 0.29) is 12.1 Å². The molecule has 3 unspecified atom stereocenters. The number of carbonyl (C=O) groups is 1. The van der Waals surface area contributed by atoms with E-state index in [1.165, 1.54) is 6.42 Å². The number of likely N-dealkylation sites (tertiary alicyclic amines) is 1. The number of rotatable bonds is 2. The Kier molecular flexibility index (Phi) is 3.93. The summed E-state index contributed by atoms with van der Waals surface area (Å²) in [7, 11) is 0. The van der Waals surface area contributed by atoms with E-state index >= 15 is 0 Å². The van der Waals surface area contributed by atoms with Gasteiger partial charge in [-0.25, -0.2) is 9.78 Å². The van der Waals surface area contributed by atoms with Gasteiger partial charge < -0.3 is 14.5 Å². The molecule has 1 amide bonds. The second kappa shape index (κ2) is 5.89. The molecule has 0 bridgehead atoms. The van der Waals surface area contributed by atoms with Crippen LogP contribution in [0.1, 0.15) is 52.1 Å². The molecule has 0 spiro atoms. The lowest BCUT2D eigenvalue weighted by molar-refractivity contribution is 0.0220. The predicted octanol–water partition coefficient (Wildman–Crippen LogP) is 3.86. The number of hydrogen-bond donors (Lipinski definition) is 0. The lowest BCUT2D eigenvalue weighted by atomic mass is 10.0. The topological polar surface area (TPSA) is 45.7 Å². The van der Waals surface area contributed by atoms with Crippen LogP contribution in [0.3, 0.4) is 0 Å². The first kappa shape index (κ1) is 16.7. The number of carbonyl (C=O) groups excluding carboxylic acids is 1. The number of aromatic nitrogens is 1. The number of ether oxygens (including phenoxy) is 1. The number of hydrogen-bond acceptors (Lipinski definition) is 4. The highest BCUT2D eigenvalue weighted by atomic mass is 16.6. The van der Waals surface area contributed by atoms with Crippen LogP contribution in [-0.2, 0) is 4.74 Å². The molecule has 0 N–H and O–H groups in total. The Bertz CT molecular complexity index is 642. The van der Waals surface area contributed by atoms with Crippen LogP contribution in [0.5, 0.6) is 0 Å². The number of nitrogens with zero attached hydrogens (tertiary/aromatic N) is 3. The molecule has 1 aromatic rings. The van der Waals surface area contributed by atoms with E-state index in [0.29, 0.717) is 5.92 Å². The van der Waals surface area contributed by atoms with E-state index < -0.39 is 5.60 Å². The maximum atomic E-state index is 12.6. The molecule has 2 aliphatic heterocycles. The molecule has 1 saturated carbocycles. The van der Waals surface area contributed by atoms with Gasteiger partial charge in [0.2, 0.25) is 0 Å². The molecule has 3 aliphatic rings.